The van der Waals surface area contributed by atoms with Gasteiger partial charge in [0, 0.05) is 0 Å². The lowest BCUT2D eigenvalue weighted by Gasteiger charge is -2.03. The lowest BCUT2D eigenvalue weighted by atomic mass is 9.94. The van der Waals surface area contributed by atoms with Crippen LogP contribution >= 0.6 is 0 Å². The Labute approximate surface area is 75.2 Å². The summed E-state index contributed by atoms with van der Waals surface area (Å²) in [6.45, 7) is 0. The van der Waals surface area contributed by atoms with Gasteiger partial charge in [-0.25, -0.2) is 9.78 Å². The fourth-order valence-corrected chi connectivity index (χ4v) is 1.24. The van der Waals surface area contributed by atoms with Gasteiger partial charge in [0.15, 0.2) is 0 Å². The smallest absolute Gasteiger partial charge is 0.352 e. The van der Waals surface area contributed by atoms with Crippen LogP contribution in [0.4, 0.5) is 0 Å². The first kappa shape index (κ1) is 7.85. The first-order chi connectivity index (χ1) is 6.20. The zero-order valence-electron chi connectivity index (χ0n) is 6.64. The fraction of sp³-hybridized carbons (Fsp3) is 0. The summed E-state index contributed by atoms with van der Waals surface area (Å²) in [5, 5.41) is 8.85. The molecule has 0 unspecified atom stereocenters. The summed E-state index contributed by atoms with van der Waals surface area (Å²) in [5.41, 5.74) is 1.000. The molecule has 4 nitrogen and oxygen atoms in total. The van der Waals surface area contributed by atoms with Gasteiger partial charge in [-0.3, -0.25) is 4.40 Å². The van der Waals surface area contributed by atoms with Crippen LogP contribution in [0.3, 0.4) is 0 Å². The van der Waals surface area contributed by atoms with Gasteiger partial charge >= 0.3 is 5.97 Å². The van der Waals surface area contributed by atoms with Crippen LogP contribution in [-0.4, -0.2) is 28.3 Å². The Balaban J connectivity index is 2.88. The van der Waals surface area contributed by atoms with Crippen molar-refractivity contribution in [3.05, 3.63) is 30.4 Å². The van der Waals surface area contributed by atoms with Crippen molar-refractivity contribution < 1.29 is 9.90 Å². The topological polar surface area (TPSA) is 54.6 Å². The number of carbonyl (C=O) groups is 1. The van der Waals surface area contributed by atoms with E-state index in [0.717, 1.165) is 0 Å². The maximum atomic E-state index is 10.8. The molecule has 0 fully saturated rings. The van der Waals surface area contributed by atoms with E-state index >= 15 is 0 Å². The number of aromatic nitrogens is 2. The number of carboxylic acid groups (broad SMARTS) is 1. The average Bonchev–Trinajstić information content (AvgIpc) is 2.50. The molecule has 2 aromatic rings. The maximum absolute atomic E-state index is 10.8. The number of pyridine rings is 1. The summed E-state index contributed by atoms with van der Waals surface area (Å²) in [6.07, 6.45) is 3.00. The summed E-state index contributed by atoms with van der Waals surface area (Å²) in [4.78, 5) is 14.6. The van der Waals surface area contributed by atoms with Gasteiger partial charge in [0.1, 0.15) is 13.5 Å². The quantitative estimate of drug-likeness (QED) is 0.607. The molecular weight excluding hydrogens is 167 g/mol. The van der Waals surface area contributed by atoms with Crippen molar-refractivity contribution in [1.29, 1.82) is 0 Å². The number of imidazole rings is 1. The van der Waals surface area contributed by atoms with Crippen LogP contribution in [0.1, 0.15) is 10.5 Å². The number of fused-ring (bicyclic) bond motifs is 1. The number of hydrogen-bond acceptors (Lipinski definition) is 2. The molecule has 0 aliphatic carbocycles. The molecule has 62 valence electrons. The van der Waals surface area contributed by atoms with E-state index in [9.17, 15) is 4.79 Å². The van der Waals surface area contributed by atoms with Gasteiger partial charge < -0.3 is 5.11 Å². The first-order valence-electron chi connectivity index (χ1n) is 3.64. The molecule has 2 rings (SSSR count). The second-order valence-corrected chi connectivity index (χ2v) is 2.63. The number of carboxylic acids is 1. The van der Waals surface area contributed by atoms with Gasteiger partial charge in [-0.05, 0) is 6.07 Å². The van der Waals surface area contributed by atoms with Crippen LogP contribution in [0.2, 0.25) is 0 Å². The second-order valence-electron chi connectivity index (χ2n) is 2.63. The Kier molecular flexibility index (Phi) is 1.58. The van der Waals surface area contributed by atoms with Crippen LogP contribution in [0, 0.1) is 0 Å². The Morgan fingerprint density at radius 1 is 1.54 bits per heavy atom. The van der Waals surface area contributed by atoms with Gasteiger partial charge in [-0.1, -0.05) is 11.5 Å². The minimum absolute atomic E-state index is 0.0509. The van der Waals surface area contributed by atoms with Gasteiger partial charge in [0.2, 0.25) is 0 Å². The van der Waals surface area contributed by atoms with Crippen molar-refractivity contribution in [3.8, 4) is 0 Å². The van der Waals surface area contributed by atoms with Crippen LogP contribution in [0.15, 0.2) is 24.7 Å². The third-order valence-electron chi connectivity index (χ3n) is 1.82. The largest absolute Gasteiger partial charge is 0.477 e. The molecule has 0 bridgehead atoms. The van der Waals surface area contributed by atoms with E-state index in [4.69, 9.17) is 13.0 Å². The summed E-state index contributed by atoms with van der Waals surface area (Å²) in [5.74, 6) is -1.05. The summed E-state index contributed by atoms with van der Waals surface area (Å²) in [7, 11) is 5.52. The Bertz CT molecular complexity index is 478. The molecular formula is C8H5BN2O2. The van der Waals surface area contributed by atoms with E-state index in [2.05, 4.69) is 4.98 Å². The molecule has 0 aliphatic rings. The third-order valence-corrected chi connectivity index (χ3v) is 1.82. The predicted octanol–water partition coefficient (Wildman–Crippen LogP) is -0.174. The first-order valence-corrected chi connectivity index (χ1v) is 3.64. The van der Waals surface area contributed by atoms with Crippen molar-refractivity contribution in [2.45, 2.75) is 0 Å². The van der Waals surface area contributed by atoms with Gasteiger partial charge in [-0.2, -0.15) is 0 Å². The van der Waals surface area contributed by atoms with Crippen molar-refractivity contribution in [2.75, 3.05) is 0 Å². The van der Waals surface area contributed by atoms with Crippen LogP contribution < -0.4 is 5.46 Å². The molecule has 13 heavy (non-hydrogen) atoms. The van der Waals surface area contributed by atoms with Crippen LogP contribution in [-0.2, 0) is 0 Å². The highest BCUT2D eigenvalue weighted by Crippen LogP contribution is 2.03. The SMILES string of the molecule is [B]c1ccc2cncn2c1C(=O)O. The Hall–Kier alpha value is -1.78. The van der Waals surface area contributed by atoms with Crippen molar-refractivity contribution >= 4 is 24.8 Å². The molecule has 0 atom stereocenters. The molecule has 1 N–H and O–H groups in total. The molecule has 0 saturated carbocycles. The second kappa shape index (κ2) is 2.62. The van der Waals surface area contributed by atoms with Gasteiger partial charge in [-0.15, -0.1) is 0 Å². The predicted molar refractivity (Wildman–Crippen MR) is 47.5 cm³/mol. The molecule has 0 aromatic carbocycles. The zero-order valence-corrected chi connectivity index (χ0v) is 6.64. The molecule has 0 amide bonds. The monoisotopic (exact) mass is 172 g/mol. The Morgan fingerprint density at radius 3 is 3.00 bits per heavy atom. The van der Waals surface area contributed by atoms with E-state index in [0.29, 0.717) is 5.52 Å². The third kappa shape index (κ3) is 1.09. The highest BCUT2D eigenvalue weighted by Gasteiger charge is 2.10. The molecule has 5 heteroatoms. The molecule has 2 radical (unpaired) electrons. The van der Waals surface area contributed by atoms with E-state index in [-0.39, 0.29) is 11.2 Å². The van der Waals surface area contributed by atoms with Crippen molar-refractivity contribution in [3.63, 3.8) is 0 Å². The number of aromatic carboxylic acids is 1. The Morgan fingerprint density at radius 2 is 2.31 bits per heavy atom. The number of nitrogens with zero attached hydrogens (tertiary/aromatic N) is 2. The van der Waals surface area contributed by atoms with Gasteiger partial charge in [0.05, 0.1) is 18.0 Å². The summed E-state index contributed by atoms with van der Waals surface area (Å²) < 4.78 is 1.44. The zero-order chi connectivity index (χ0) is 9.42. The number of rotatable bonds is 1. The molecule has 2 aromatic heterocycles. The van der Waals surface area contributed by atoms with E-state index in [1.165, 1.54) is 10.7 Å². The van der Waals surface area contributed by atoms with Crippen LogP contribution in [0.25, 0.3) is 5.52 Å². The molecule has 0 saturated heterocycles. The van der Waals surface area contributed by atoms with Crippen molar-refractivity contribution in [2.24, 2.45) is 0 Å². The molecule has 0 spiro atoms. The average molecular weight is 172 g/mol. The van der Waals surface area contributed by atoms with Crippen molar-refractivity contribution in [1.82, 2.24) is 9.38 Å². The molecule has 0 aliphatic heterocycles. The summed E-state index contributed by atoms with van der Waals surface area (Å²) >= 11 is 0. The normalized spacial score (nSPS) is 10.5. The minimum Gasteiger partial charge on any atom is -0.477 e. The lowest BCUT2D eigenvalue weighted by Crippen LogP contribution is -2.19. The minimum atomic E-state index is -1.05. The fourth-order valence-electron chi connectivity index (χ4n) is 1.24. The lowest BCUT2D eigenvalue weighted by molar-refractivity contribution is 0.0690. The summed E-state index contributed by atoms with van der Waals surface area (Å²) in [6, 6.07) is 3.27. The van der Waals surface area contributed by atoms with E-state index in [1.807, 2.05) is 0 Å². The highest BCUT2D eigenvalue weighted by molar-refractivity contribution is 6.35. The number of hydrogen-bond donors (Lipinski definition) is 1. The van der Waals surface area contributed by atoms with E-state index < -0.39 is 5.97 Å². The maximum Gasteiger partial charge on any atom is 0.352 e. The van der Waals surface area contributed by atoms with Crippen LogP contribution in [0.5, 0.6) is 0 Å². The van der Waals surface area contributed by atoms with E-state index in [1.54, 1.807) is 18.3 Å². The standard InChI is InChI=1S/C8H5BN2O2/c9-6-2-1-5-3-10-4-11(5)7(6)8(12)13/h1-4H,(H,12,13). The molecule has 2 heterocycles. The van der Waals surface area contributed by atoms with Gasteiger partial charge in [0.25, 0.3) is 0 Å². The highest BCUT2D eigenvalue weighted by atomic mass is 16.4.